The van der Waals surface area contributed by atoms with Crippen LogP contribution in [-0.4, -0.2) is 9.67 Å². The second-order valence-corrected chi connectivity index (χ2v) is 5.14. The van der Waals surface area contributed by atoms with Gasteiger partial charge in [0, 0.05) is 23.3 Å². The highest BCUT2D eigenvalue weighted by molar-refractivity contribution is 6.31. The molecule has 102 valence electrons. The van der Waals surface area contributed by atoms with E-state index in [0.29, 0.717) is 11.6 Å². The summed E-state index contributed by atoms with van der Waals surface area (Å²) in [4.78, 5) is 0. The first-order chi connectivity index (χ1) is 9.67. The van der Waals surface area contributed by atoms with Crippen LogP contribution < -0.4 is 0 Å². The van der Waals surface area contributed by atoms with Crippen molar-refractivity contribution in [2.45, 2.75) is 13.2 Å². The summed E-state index contributed by atoms with van der Waals surface area (Å²) in [6.45, 7) is 0.537. The minimum Gasteiger partial charge on any atom is -0.392 e. The second kappa shape index (κ2) is 5.27. The van der Waals surface area contributed by atoms with Gasteiger partial charge in [-0.1, -0.05) is 17.7 Å². The smallest absolute Gasteiger partial charge is 0.123 e. The highest BCUT2D eigenvalue weighted by Gasteiger charge is 2.06. The van der Waals surface area contributed by atoms with Crippen molar-refractivity contribution < 1.29 is 9.50 Å². The predicted octanol–water partition coefficient (Wildman–Crippen LogP) is 3.97. The average molecular weight is 290 g/mol. The number of aliphatic hydroxyl groups is 1. The molecular formula is C16H13ClFNO. The molecule has 0 saturated heterocycles. The fourth-order valence-corrected chi connectivity index (χ4v) is 2.51. The minimum atomic E-state index is -0.288. The van der Waals surface area contributed by atoms with E-state index in [4.69, 9.17) is 16.7 Å². The summed E-state index contributed by atoms with van der Waals surface area (Å²) >= 11 is 6.10. The number of hydrogen-bond acceptors (Lipinski definition) is 1. The maximum absolute atomic E-state index is 13.3. The van der Waals surface area contributed by atoms with Crippen LogP contribution in [0.1, 0.15) is 11.1 Å². The van der Waals surface area contributed by atoms with Crippen molar-refractivity contribution in [2.75, 3.05) is 0 Å². The van der Waals surface area contributed by atoms with Crippen molar-refractivity contribution in [1.82, 2.24) is 4.57 Å². The number of aromatic nitrogens is 1. The number of aliphatic hydroxyl groups excluding tert-OH is 1. The molecule has 0 bridgehead atoms. The highest BCUT2D eigenvalue weighted by Crippen LogP contribution is 2.22. The molecule has 0 aliphatic carbocycles. The zero-order valence-electron chi connectivity index (χ0n) is 10.7. The molecule has 1 heterocycles. The van der Waals surface area contributed by atoms with Gasteiger partial charge in [-0.15, -0.1) is 0 Å². The monoisotopic (exact) mass is 289 g/mol. The van der Waals surface area contributed by atoms with E-state index in [9.17, 15) is 4.39 Å². The van der Waals surface area contributed by atoms with Crippen LogP contribution in [0.2, 0.25) is 5.02 Å². The van der Waals surface area contributed by atoms with Gasteiger partial charge >= 0.3 is 0 Å². The first-order valence-electron chi connectivity index (χ1n) is 6.30. The molecule has 0 amide bonds. The van der Waals surface area contributed by atoms with Gasteiger partial charge in [-0.05, 0) is 52.9 Å². The fraction of sp³-hybridized carbons (Fsp3) is 0.125. The van der Waals surface area contributed by atoms with E-state index in [1.807, 2.05) is 35.0 Å². The molecule has 0 aliphatic heterocycles. The number of fused-ring (bicyclic) bond motifs is 1. The molecule has 1 N–H and O–H groups in total. The van der Waals surface area contributed by atoms with E-state index in [1.54, 1.807) is 6.07 Å². The molecule has 0 atom stereocenters. The van der Waals surface area contributed by atoms with Crippen LogP contribution in [0, 0.1) is 5.82 Å². The largest absolute Gasteiger partial charge is 0.392 e. The maximum Gasteiger partial charge on any atom is 0.123 e. The van der Waals surface area contributed by atoms with Gasteiger partial charge < -0.3 is 9.67 Å². The van der Waals surface area contributed by atoms with Crippen molar-refractivity contribution in [1.29, 1.82) is 0 Å². The quantitative estimate of drug-likeness (QED) is 0.775. The van der Waals surface area contributed by atoms with Gasteiger partial charge in [0.2, 0.25) is 0 Å². The molecule has 3 aromatic rings. The molecule has 2 aromatic carbocycles. The number of rotatable bonds is 3. The maximum atomic E-state index is 13.3. The van der Waals surface area contributed by atoms with Crippen molar-refractivity contribution in [2.24, 2.45) is 0 Å². The zero-order chi connectivity index (χ0) is 14.1. The van der Waals surface area contributed by atoms with Crippen molar-refractivity contribution >= 4 is 22.5 Å². The van der Waals surface area contributed by atoms with Gasteiger partial charge in [-0.2, -0.15) is 0 Å². The Morgan fingerprint density at radius 2 is 1.95 bits per heavy atom. The van der Waals surface area contributed by atoms with Crippen LogP contribution in [0.15, 0.2) is 48.7 Å². The van der Waals surface area contributed by atoms with E-state index in [0.717, 1.165) is 22.0 Å². The van der Waals surface area contributed by atoms with Crippen LogP contribution in [0.25, 0.3) is 10.9 Å². The Bertz CT molecular complexity index is 766. The molecule has 1 aromatic heterocycles. The van der Waals surface area contributed by atoms with Crippen molar-refractivity contribution in [3.63, 3.8) is 0 Å². The summed E-state index contributed by atoms with van der Waals surface area (Å²) in [5.41, 5.74) is 2.65. The summed E-state index contributed by atoms with van der Waals surface area (Å²) in [6.07, 6.45) is 1.94. The lowest BCUT2D eigenvalue weighted by Gasteiger charge is -2.08. The molecular weight excluding hydrogens is 277 g/mol. The number of hydrogen-bond donors (Lipinski definition) is 1. The summed E-state index contributed by atoms with van der Waals surface area (Å²) in [7, 11) is 0. The Morgan fingerprint density at radius 3 is 2.75 bits per heavy atom. The Balaban J connectivity index is 2.00. The molecule has 4 heteroatoms. The first-order valence-corrected chi connectivity index (χ1v) is 6.68. The molecule has 0 fully saturated rings. The Kier molecular flexibility index (Phi) is 3.47. The zero-order valence-corrected chi connectivity index (χ0v) is 11.4. The Hall–Kier alpha value is -1.84. The Labute approximate surface area is 121 Å². The van der Waals surface area contributed by atoms with Gasteiger partial charge in [0.05, 0.1) is 6.61 Å². The average Bonchev–Trinajstić information content (AvgIpc) is 2.85. The van der Waals surface area contributed by atoms with E-state index in [1.165, 1.54) is 12.1 Å². The third-order valence-corrected chi connectivity index (χ3v) is 3.74. The molecule has 20 heavy (non-hydrogen) atoms. The van der Waals surface area contributed by atoms with Crippen molar-refractivity contribution in [3.8, 4) is 0 Å². The van der Waals surface area contributed by atoms with E-state index in [2.05, 4.69) is 0 Å². The van der Waals surface area contributed by atoms with Crippen LogP contribution >= 0.6 is 11.6 Å². The molecule has 0 radical (unpaired) electrons. The molecule has 0 spiro atoms. The van der Waals surface area contributed by atoms with Gasteiger partial charge in [0.15, 0.2) is 0 Å². The first kappa shape index (κ1) is 13.2. The molecule has 3 rings (SSSR count). The lowest BCUT2D eigenvalue weighted by atomic mass is 10.1. The molecule has 0 saturated carbocycles. The summed E-state index contributed by atoms with van der Waals surface area (Å²) in [5.74, 6) is -0.288. The van der Waals surface area contributed by atoms with Gasteiger partial charge in [-0.3, -0.25) is 0 Å². The molecule has 0 aliphatic rings. The standard InChI is InChI=1S/C16H13ClFNO/c17-15-3-2-14(18)8-13(15)9-19-6-5-12-7-11(10-20)1-4-16(12)19/h1-8,20H,9-10H2. The van der Waals surface area contributed by atoms with Crippen molar-refractivity contribution in [3.05, 3.63) is 70.6 Å². The predicted molar refractivity (Wildman–Crippen MR) is 78.4 cm³/mol. The van der Waals surface area contributed by atoms with E-state index < -0.39 is 0 Å². The molecule has 2 nitrogen and oxygen atoms in total. The van der Waals surface area contributed by atoms with E-state index >= 15 is 0 Å². The van der Waals surface area contributed by atoms with Gasteiger partial charge in [-0.25, -0.2) is 4.39 Å². The van der Waals surface area contributed by atoms with Crippen LogP contribution in [0.4, 0.5) is 4.39 Å². The SMILES string of the molecule is OCc1ccc2c(ccn2Cc2cc(F)ccc2Cl)c1. The van der Waals surface area contributed by atoms with Crippen LogP contribution in [0.3, 0.4) is 0 Å². The number of halogens is 2. The summed E-state index contributed by atoms with van der Waals surface area (Å²) in [6, 6.07) is 12.1. The molecule has 0 unspecified atom stereocenters. The van der Waals surface area contributed by atoms with Crippen LogP contribution in [-0.2, 0) is 13.2 Å². The van der Waals surface area contributed by atoms with Gasteiger partial charge in [0.25, 0.3) is 0 Å². The third-order valence-electron chi connectivity index (χ3n) is 3.37. The number of benzene rings is 2. The summed E-state index contributed by atoms with van der Waals surface area (Å²) < 4.78 is 15.3. The topological polar surface area (TPSA) is 25.2 Å². The van der Waals surface area contributed by atoms with E-state index in [-0.39, 0.29) is 12.4 Å². The fourth-order valence-electron chi connectivity index (χ4n) is 2.33. The third kappa shape index (κ3) is 2.42. The number of nitrogens with zero attached hydrogens (tertiary/aromatic N) is 1. The lowest BCUT2D eigenvalue weighted by molar-refractivity contribution is 0.282. The minimum absolute atomic E-state index is 0.0246. The highest BCUT2D eigenvalue weighted by atomic mass is 35.5. The lowest BCUT2D eigenvalue weighted by Crippen LogP contribution is -1.99. The normalized spacial score (nSPS) is 11.2. The second-order valence-electron chi connectivity index (χ2n) is 4.73. The summed E-state index contributed by atoms with van der Waals surface area (Å²) in [5, 5.41) is 10.7. The van der Waals surface area contributed by atoms with Gasteiger partial charge in [0.1, 0.15) is 5.82 Å². The Morgan fingerprint density at radius 1 is 1.10 bits per heavy atom. The van der Waals surface area contributed by atoms with Crippen LogP contribution in [0.5, 0.6) is 0 Å².